The SMILES string of the molecule is COc1cccc(NC(=O)CN(C)C(=O)COC(=O)c2nn(CC(C)C)c(=O)c3ccccc23)c1. The van der Waals surface area contributed by atoms with E-state index in [1.807, 2.05) is 13.8 Å². The van der Waals surface area contributed by atoms with Crippen molar-refractivity contribution < 1.29 is 23.9 Å². The van der Waals surface area contributed by atoms with E-state index in [-0.39, 0.29) is 23.7 Å². The van der Waals surface area contributed by atoms with Crippen molar-refractivity contribution in [2.24, 2.45) is 5.92 Å². The van der Waals surface area contributed by atoms with Crippen LogP contribution in [0.25, 0.3) is 10.8 Å². The highest BCUT2D eigenvalue weighted by atomic mass is 16.5. The van der Waals surface area contributed by atoms with E-state index < -0.39 is 24.4 Å². The van der Waals surface area contributed by atoms with Crippen LogP contribution in [0, 0.1) is 5.92 Å². The van der Waals surface area contributed by atoms with Gasteiger partial charge in [0.2, 0.25) is 5.91 Å². The highest BCUT2D eigenvalue weighted by Gasteiger charge is 2.21. The number of ether oxygens (including phenoxy) is 2. The fraction of sp³-hybridized carbons (Fsp3) is 0.320. The topological polar surface area (TPSA) is 120 Å². The van der Waals surface area contributed by atoms with Crippen molar-refractivity contribution in [3.63, 3.8) is 0 Å². The van der Waals surface area contributed by atoms with E-state index in [9.17, 15) is 19.2 Å². The molecule has 10 heteroatoms. The summed E-state index contributed by atoms with van der Waals surface area (Å²) >= 11 is 0. The summed E-state index contributed by atoms with van der Waals surface area (Å²) < 4.78 is 11.5. The first-order valence-corrected chi connectivity index (χ1v) is 11.0. The Hall–Kier alpha value is -4.21. The molecule has 0 saturated heterocycles. The van der Waals surface area contributed by atoms with Crippen LogP contribution in [0.1, 0.15) is 24.3 Å². The lowest BCUT2D eigenvalue weighted by Gasteiger charge is -2.17. The molecule has 0 spiro atoms. The zero-order valence-corrected chi connectivity index (χ0v) is 20.1. The first-order valence-electron chi connectivity index (χ1n) is 11.0. The van der Waals surface area contributed by atoms with Crippen LogP contribution >= 0.6 is 0 Å². The Labute approximate surface area is 202 Å². The van der Waals surface area contributed by atoms with Gasteiger partial charge in [-0.1, -0.05) is 38.1 Å². The van der Waals surface area contributed by atoms with E-state index in [0.717, 1.165) is 4.90 Å². The quantitative estimate of drug-likeness (QED) is 0.467. The predicted molar refractivity (Wildman–Crippen MR) is 130 cm³/mol. The number of fused-ring (bicyclic) bond motifs is 1. The molecule has 35 heavy (non-hydrogen) atoms. The number of hydrogen-bond acceptors (Lipinski definition) is 7. The number of aromatic nitrogens is 2. The third-order valence-electron chi connectivity index (χ3n) is 5.09. The number of esters is 1. The maximum absolute atomic E-state index is 12.8. The molecule has 0 aliphatic carbocycles. The van der Waals surface area contributed by atoms with E-state index in [4.69, 9.17) is 9.47 Å². The molecular formula is C25H28N4O6. The van der Waals surface area contributed by atoms with E-state index in [1.165, 1.54) is 18.8 Å². The zero-order valence-electron chi connectivity index (χ0n) is 20.1. The second-order valence-corrected chi connectivity index (χ2v) is 8.38. The molecule has 3 aromatic rings. The number of nitrogens with one attached hydrogen (secondary N) is 1. The molecule has 0 radical (unpaired) electrons. The molecule has 1 N–H and O–H groups in total. The van der Waals surface area contributed by atoms with Gasteiger partial charge in [-0.15, -0.1) is 0 Å². The number of anilines is 1. The summed E-state index contributed by atoms with van der Waals surface area (Å²) in [5, 5.41) is 7.57. The average Bonchev–Trinajstić information content (AvgIpc) is 2.83. The third kappa shape index (κ3) is 6.44. The Bertz CT molecular complexity index is 1300. The van der Waals surface area contributed by atoms with Gasteiger partial charge in [0.15, 0.2) is 12.3 Å². The Kier molecular flexibility index (Phi) is 8.19. The van der Waals surface area contributed by atoms with Gasteiger partial charge in [0.05, 0.1) is 19.0 Å². The predicted octanol–water partition coefficient (Wildman–Crippen LogP) is 2.31. The van der Waals surface area contributed by atoms with Gasteiger partial charge >= 0.3 is 5.97 Å². The lowest BCUT2D eigenvalue weighted by Crippen LogP contribution is -2.37. The minimum atomic E-state index is -0.832. The van der Waals surface area contributed by atoms with Crippen molar-refractivity contribution >= 4 is 34.2 Å². The Morgan fingerprint density at radius 2 is 1.80 bits per heavy atom. The van der Waals surface area contributed by atoms with Gasteiger partial charge in [-0.05, 0) is 24.1 Å². The summed E-state index contributed by atoms with van der Waals surface area (Å²) in [5.74, 6) is -1.11. The van der Waals surface area contributed by atoms with Gasteiger partial charge in [0.1, 0.15) is 5.75 Å². The first kappa shape index (κ1) is 25.4. The van der Waals surface area contributed by atoms with Gasteiger partial charge in [-0.2, -0.15) is 5.10 Å². The molecular weight excluding hydrogens is 452 g/mol. The minimum absolute atomic E-state index is 0.0490. The van der Waals surface area contributed by atoms with Crippen LogP contribution in [0.15, 0.2) is 53.3 Å². The number of methoxy groups -OCH3 is 1. The molecule has 3 rings (SSSR count). The number of nitrogens with zero attached hydrogens (tertiary/aromatic N) is 3. The molecule has 0 saturated carbocycles. The Morgan fingerprint density at radius 1 is 1.09 bits per heavy atom. The smallest absolute Gasteiger partial charge is 0.359 e. The van der Waals surface area contributed by atoms with Crippen molar-refractivity contribution in [3.8, 4) is 5.75 Å². The van der Waals surface area contributed by atoms with Gasteiger partial charge < -0.3 is 19.7 Å². The monoisotopic (exact) mass is 480 g/mol. The van der Waals surface area contributed by atoms with Crippen molar-refractivity contribution in [3.05, 3.63) is 64.6 Å². The molecule has 2 aromatic carbocycles. The van der Waals surface area contributed by atoms with E-state index in [1.54, 1.807) is 48.5 Å². The summed E-state index contributed by atoms with van der Waals surface area (Å²) in [5.41, 5.74) is 0.173. The lowest BCUT2D eigenvalue weighted by atomic mass is 10.1. The summed E-state index contributed by atoms with van der Waals surface area (Å²) in [6.45, 7) is 3.36. The van der Waals surface area contributed by atoms with Crippen LogP contribution in [-0.2, 0) is 20.9 Å². The van der Waals surface area contributed by atoms with Crippen molar-refractivity contribution in [1.82, 2.24) is 14.7 Å². The second kappa shape index (κ2) is 11.3. The third-order valence-corrected chi connectivity index (χ3v) is 5.09. The molecule has 1 heterocycles. The molecule has 0 atom stereocenters. The minimum Gasteiger partial charge on any atom is -0.497 e. The number of amides is 2. The molecule has 2 amide bonds. The van der Waals surface area contributed by atoms with E-state index in [2.05, 4.69) is 10.4 Å². The summed E-state index contributed by atoms with van der Waals surface area (Å²) in [7, 11) is 2.95. The molecule has 0 fully saturated rings. The summed E-state index contributed by atoms with van der Waals surface area (Å²) in [6, 6.07) is 13.4. The van der Waals surface area contributed by atoms with Gasteiger partial charge in [0, 0.05) is 30.7 Å². The highest BCUT2D eigenvalue weighted by molar-refractivity contribution is 6.02. The number of carbonyl (C=O) groups is 3. The summed E-state index contributed by atoms with van der Waals surface area (Å²) in [6.07, 6.45) is 0. The van der Waals surface area contributed by atoms with Crippen LogP contribution in [0.2, 0.25) is 0 Å². The van der Waals surface area contributed by atoms with Crippen molar-refractivity contribution in [1.29, 1.82) is 0 Å². The van der Waals surface area contributed by atoms with Crippen molar-refractivity contribution in [2.45, 2.75) is 20.4 Å². The number of benzene rings is 2. The highest BCUT2D eigenvalue weighted by Crippen LogP contribution is 2.17. The molecule has 0 unspecified atom stereocenters. The number of hydrogen-bond donors (Lipinski definition) is 1. The van der Waals surface area contributed by atoms with Gasteiger partial charge in [-0.25, -0.2) is 9.48 Å². The van der Waals surface area contributed by atoms with E-state index in [0.29, 0.717) is 28.8 Å². The molecule has 184 valence electrons. The molecule has 10 nitrogen and oxygen atoms in total. The van der Waals surface area contributed by atoms with Crippen LogP contribution in [0.5, 0.6) is 5.75 Å². The van der Waals surface area contributed by atoms with Crippen LogP contribution in [0.3, 0.4) is 0 Å². The molecule has 1 aromatic heterocycles. The van der Waals surface area contributed by atoms with E-state index >= 15 is 0 Å². The molecule has 0 bridgehead atoms. The van der Waals surface area contributed by atoms with Crippen LogP contribution < -0.4 is 15.6 Å². The van der Waals surface area contributed by atoms with Gasteiger partial charge in [0.25, 0.3) is 11.5 Å². The number of rotatable bonds is 9. The number of carbonyl (C=O) groups excluding carboxylic acids is 3. The Morgan fingerprint density at radius 3 is 2.49 bits per heavy atom. The maximum Gasteiger partial charge on any atom is 0.359 e. The first-order chi connectivity index (χ1) is 16.7. The number of likely N-dealkylation sites (N-methyl/N-ethyl adjacent to an activating group) is 1. The fourth-order valence-electron chi connectivity index (χ4n) is 3.37. The van der Waals surface area contributed by atoms with Gasteiger partial charge in [-0.3, -0.25) is 14.4 Å². The van der Waals surface area contributed by atoms with Crippen LogP contribution in [0.4, 0.5) is 5.69 Å². The largest absolute Gasteiger partial charge is 0.497 e. The maximum atomic E-state index is 12.8. The fourth-order valence-corrected chi connectivity index (χ4v) is 3.37. The van der Waals surface area contributed by atoms with Crippen LogP contribution in [-0.4, -0.2) is 59.8 Å². The standard InChI is InChI=1S/C25H28N4O6/c1-16(2)13-29-24(32)20-11-6-5-10-19(20)23(27-29)25(33)35-15-22(31)28(3)14-21(30)26-17-8-7-9-18(12-17)34-4/h5-12,16H,13-15H2,1-4H3,(H,26,30). The Balaban J connectivity index is 1.65. The second-order valence-electron chi connectivity index (χ2n) is 8.38. The molecule has 0 aliphatic heterocycles. The zero-order chi connectivity index (χ0) is 25.5. The molecule has 0 aliphatic rings. The summed E-state index contributed by atoms with van der Waals surface area (Å²) in [4.78, 5) is 51.4. The van der Waals surface area contributed by atoms with Crippen molar-refractivity contribution in [2.75, 3.05) is 32.6 Å². The average molecular weight is 481 g/mol. The normalized spacial score (nSPS) is 10.8. The lowest BCUT2D eigenvalue weighted by molar-refractivity contribution is -0.136.